The van der Waals surface area contributed by atoms with E-state index in [1.165, 1.54) is 0 Å². The molecule has 0 aliphatic carbocycles. The summed E-state index contributed by atoms with van der Waals surface area (Å²) in [6.45, 7) is 0. The highest BCUT2D eigenvalue weighted by Gasteiger charge is 2.07. The highest BCUT2D eigenvalue weighted by molar-refractivity contribution is 5.20. The molecule has 6 heteroatoms. The second-order valence-electron chi connectivity index (χ2n) is 1.24. The van der Waals surface area contributed by atoms with E-state index in [-0.39, 0.29) is 0 Å². The van der Waals surface area contributed by atoms with Crippen LogP contribution < -0.4 is 5.73 Å². The Hall–Kier alpha value is -1.33. The molecule has 1 heterocycles. The average Bonchev–Trinajstić information content (AvgIpc) is 1.83. The van der Waals surface area contributed by atoms with Crippen LogP contribution in [0.2, 0.25) is 0 Å². The van der Waals surface area contributed by atoms with E-state index >= 15 is 0 Å². The maximum absolute atomic E-state index is 12.0. The molecule has 0 saturated carbocycles. The predicted octanol–water partition coefficient (Wildman–Crippen LogP) is 0.0642. The summed E-state index contributed by atoms with van der Waals surface area (Å²) < 4.78 is 23.9. The number of rotatable bonds is 0. The summed E-state index contributed by atoms with van der Waals surface area (Å²) in [6.07, 6.45) is 0. The van der Waals surface area contributed by atoms with E-state index in [4.69, 9.17) is 5.73 Å². The van der Waals surface area contributed by atoms with E-state index in [1.54, 1.807) is 0 Å². The van der Waals surface area contributed by atoms with Gasteiger partial charge in [0.05, 0.1) is 0 Å². The van der Waals surface area contributed by atoms with Crippen LogP contribution in [-0.2, 0) is 0 Å². The largest absolute Gasteiger partial charge is 0.279 e. The monoisotopic (exact) mass is 131 g/mol. The van der Waals surface area contributed by atoms with Gasteiger partial charge in [0, 0.05) is 0 Å². The standard InChI is InChI=1S/C3HF2N4/c4-1-2(5)7-9-8-3(1)6/h6H. The first-order valence-corrected chi connectivity index (χ1v) is 1.98. The smallest absolute Gasteiger partial charge is 0.274 e. The van der Waals surface area contributed by atoms with E-state index in [2.05, 4.69) is 15.4 Å². The SMILES string of the molecule is [NH]c1nnnc(F)c1F. The summed E-state index contributed by atoms with van der Waals surface area (Å²) in [5, 5.41) is 8.19. The van der Waals surface area contributed by atoms with Crippen molar-refractivity contribution in [2.24, 2.45) is 0 Å². The summed E-state index contributed by atoms with van der Waals surface area (Å²) in [5.41, 5.74) is 6.53. The van der Waals surface area contributed by atoms with E-state index in [0.29, 0.717) is 0 Å². The van der Waals surface area contributed by atoms with Crippen LogP contribution in [0.3, 0.4) is 0 Å². The zero-order chi connectivity index (χ0) is 6.85. The zero-order valence-corrected chi connectivity index (χ0v) is 4.10. The maximum Gasteiger partial charge on any atom is 0.274 e. The fraction of sp³-hybridized carbons (Fsp3) is 0. The van der Waals surface area contributed by atoms with Gasteiger partial charge in [-0.2, -0.15) is 8.78 Å². The zero-order valence-electron chi connectivity index (χ0n) is 4.10. The quantitative estimate of drug-likeness (QED) is 0.500. The molecule has 0 bridgehead atoms. The highest BCUT2D eigenvalue weighted by atomic mass is 19.2. The van der Waals surface area contributed by atoms with Gasteiger partial charge in [0.15, 0.2) is 0 Å². The van der Waals surface area contributed by atoms with E-state index in [1.807, 2.05) is 0 Å². The first-order valence-electron chi connectivity index (χ1n) is 1.98. The highest BCUT2D eigenvalue weighted by Crippen LogP contribution is 2.05. The van der Waals surface area contributed by atoms with Crippen molar-refractivity contribution in [3.63, 3.8) is 0 Å². The molecule has 0 aliphatic rings. The molecule has 0 amide bonds. The van der Waals surface area contributed by atoms with Gasteiger partial charge in [0.1, 0.15) is 0 Å². The molecule has 0 unspecified atom stereocenters. The minimum absolute atomic E-state index is 0.831. The third kappa shape index (κ3) is 0.906. The number of nitrogens with one attached hydrogen (secondary N) is 1. The Morgan fingerprint density at radius 3 is 2.33 bits per heavy atom. The molecule has 1 aromatic rings. The second kappa shape index (κ2) is 1.88. The van der Waals surface area contributed by atoms with Crippen molar-refractivity contribution in [1.29, 1.82) is 0 Å². The van der Waals surface area contributed by atoms with Crippen molar-refractivity contribution >= 4 is 5.82 Å². The van der Waals surface area contributed by atoms with Crippen molar-refractivity contribution < 1.29 is 8.78 Å². The van der Waals surface area contributed by atoms with E-state index < -0.39 is 17.6 Å². The van der Waals surface area contributed by atoms with Gasteiger partial charge in [-0.1, -0.05) is 5.10 Å². The molecule has 0 spiro atoms. The molecule has 1 rings (SSSR count). The summed E-state index contributed by atoms with van der Waals surface area (Å²) in [4.78, 5) is 0. The van der Waals surface area contributed by atoms with Gasteiger partial charge in [-0.15, -0.1) is 5.10 Å². The summed E-state index contributed by atoms with van der Waals surface area (Å²) in [5.74, 6) is -3.59. The fourth-order valence-electron chi connectivity index (χ4n) is 0.292. The number of halogens is 2. The van der Waals surface area contributed by atoms with Crippen LogP contribution >= 0.6 is 0 Å². The minimum atomic E-state index is -1.39. The lowest BCUT2D eigenvalue weighted by atomic mass is 10.6. The second-order valence-corrected chi connectivity index (χ2v) is 1.24. The molecule has 47 valence electrons. The number of hydrogen-bond donors (Lipinski definition) is 0. The van der Waals surface area contributed by atoms with Crippen LogP contribution in [0.4, 0.5) is 14.6 Å². The lowest BCUT2D eigenvalue weighted by Gasteiger charge is -1.88. The van der Waals surface area contributed by atoms with Gasteiger partial charge in [-0.25, -0.2) is 0 Å². The van der Waals surface area contributed by atoms with Crippen molar-refractivity contribution in [2.45, 2.75) is 0 Å². The molecule has 4 nitrogen and oxygen atoms in total. The van der Waals surface area contributed by atoms with Crippen LogP contribution in [0.15, 0.2) is 0 Å². The Balaban J connectivity index is 3.25. The topological polar surface area (TPSA) is 62.5 Å². The van der Waals surface area contributed by atoms with Crippen molar-refractivity contribution in [1.82, 2.24) is 21.1 Å². The Morgan fingerprint density at radius 1 is 1.22 bits per heavy atom. The molecule has 9 heavy (non-hydrogen) atoms. The normalized spacial score (nSPS) is 9.56. The lowest BCUT2D eigenvalue weighted by Crippen LogP contribution is -1.97. The minimum Gasteiger partial charge on any atom is -0.279 e. The van der Waals surface area contributed by atoms with Crippen LogP contribution in [-0.4, -0.2) is 15.4 Å². The van der Waals surface area contributed by atoms with Crippen LogP contribution in [0.5, 0.6) is 0 Å². The molecular formula is C3HF2N4. The average molecular weight is 131 g/mol. The van der Waals surface area contributed by atoms with Crippen molar-refractivity contribution in [2.75, 3.05) is 0 Å². The van der Waals surface area contributed by atoms with Gasteiger partial charge < -0.3 is 0 Å². The molecule has 1 radical (unpaired) electrons. The Labute approximate surface area is 48.7 Å². The summed E-state index contributed by atoms with van der Waals surface area (Å²) in [7, 11) is 0. The Kier molecular flexibility index (Phi) is 1.21. The van der Waals surface area contributed by atoms with E-state index in [9.17, 15) is 8.78 Å². The molecule has 0 aromatic carbocycles. The van der Waals surface area contributed by atoms with Crippen LogP contribution in [0.25, 0.3) is 0 Å². The van der Waals surface area contributed by atoms with Crippen LogP contribution in [0.1, 0.15) is 0 Å². The van der Waals surface area contributed by atoms with E-state index in [0.717, 1.165) is 0 Å². The van der Waals surface area contributed by atoms with Gasteiger partial charge in [0.25, 0.3) is 5.95 Å². The maximum atomic E-state index is 12.0. The molecule has 0 fully saturated rings. The molecule has 1 N–H and O–H groups in total. The predicted molar refractivity (Wildman–Crippen MR) is 22.5 cm³/mol. The third-order valence-corrected chi connectivity index (χ3v) is 0.666. The number of aromatic nitrogens is 3. The van der Waals surface area contributed by atoms with Crippen LogP contribution in [0, 0.1) is 11.8 Å². The number of nitrogens with zero attached hydrogens (tertiary/aromatic N) is 3. The molecule has 0 atom stereocenters. The first-order chi connectivity index (χ1) is 4.22. The third-order valence-electron chi connectivity index (χ3n) is 0.666. The number of hydrogen-bond acceptors (Lipinski definition) is 3. The van der Waals surface area contributed by atoms with Gasteiger partial charge in [-0.05, 0) is 5.21 Å². The summed E-state index contributed by atoms with van der Waals surface area (Å²) in [6, 6.07) is 0. The molecule has 1 aromatic heterocycles. The molecule has 0 aliphatic heterocycles. The summed E-state index contributed by atoms with van der Waals surface area (Å²) >= 11 is 0. The molecule has 0 saturated heterocycles. The fourth-order valence-corrected chi connectivity index (χ4v) is 0.292. The van der Waals surface area contributed by atoms with Gasteiger partial charge in [-0.3, -0.25) is 5.73 Å². The lowest BCUT2D eigenvalue weighted by molar-refractivity contribution is 0.453. The molecular weight excluding hydrogens is 130 g/mol. The van der Waals surface area contributed by atoms with Crippen molar-refractivity contribution in [3.8, 4) is 0 Å². The van der Waals surface area contributed by atoms with Gasteiger partial charge in [0.2, 0.25) is 11.6 Å². The van der Waals surface area contributed by atoms with Crippen molar-refractivity contribution in [3.05, 3.63) is 11.8 Å². The van der Waals surface area contributed by atoms with Gasteiger partial charge >= 0.3 is 0 Å². The first kappa shape index (κ1) is 5.80. The Bertz CT molecular complexity index is 205. The Morgan fingerprint density at radius 2 is 1.89 bits per heavy atom.